The summed E-state index contributed by atoms with van der Waals surface area (Å²) < 4.78 is 23.7. The molecule has 3 rings (SSSR count). The molecule has 0 radical (unpaired) electrons. The second-order valence-electron chi connectivity index (χ2n) is 6.16. The van der Waals surface area contributed by atoms with Gasteiger partial charge < -0.3 is 14.8 Å². The standard InChI is InChI=1S/C22H18ClFN2O4/c1-29-22(28)26-19-12-16(8-9-18(19)24)25-21(27)13-30-20-10-7-15(11-17(20)23)14-5-3-2-4-6-14/h2-12H,13H2,1H3,(H,25,27)(H,26,28). The van der Waals surface area contributed by atoms with Gasteiger partial charge in [0.05, 0.1) is 17.8 Å². The maximum atomic E-state index is 13.8. The molecule has 0 aromatic heterocycles. The first-order chi connectivity index (χ1) is 14.5. The number of halogens is 2. The van der Waals surface area contributed by atoms with Crippen molar-refractivity contribution < 1.29 is 23.5 Å². The third-order valence-electron chi connectivity index (χ3n) is 4.07. The van der Waals surface area contributed by atoms with Gasteiger partial charge in [-0.25, -0.2) is 9.18 Å². The number of carbonyl (C=O) groups is 2. The first-order valence-electron chi connectivity index (χ1n) is 8.88. The van der Waals surface area contributed by atoms with Crippen molar-refractivity contribution in [1.29, 1.82) is 0 Å². The van der Waals surface area contributed by atoms with E-state index in [0.29, 0.717) is 10.8 Å². The second-order valence-corrected chi connectivity index (χ2v) is 6.57. The predicted molar refractivity (Wildman–Crippen MR) is 113 cm³/mol. The van der Waals surface area contributed by atoms with Gasteiger partial charge in [0.15, 0.2) is 6.61 Å². The van der Waals surface area contributed by atoms with Crippen molar-refractivity contribution >= 4 is 35.0 Å². The van der Waals surface area contributed by atoms with Crippen molar-refractivity contribution in [3.05, 3.63) is 77.6 Å². The molecule has 2 amide bonds. The largest absolute Gasteiger partial charge is 0.482 e. The molecule has 3 aromatic carbocycles. The lowest BCUT2D eigenvalue weighted by atomic mass is 10.1. The van der Waals surface area contributed by atoms with E-state index < -0.39 is 17.8 Å². The summed E-state index contributed by atoms with van der Waals surface area (Å²) in [5, 5.41) is 5.15. The third-order valence-corrected chi connectivity index (χ3v) is 4.37. The van der Waals surface area contributed by atoms with E-state index in [0.717, 1.165) is 24.3 Å². The highest BCUT2D eigenvalue weighted by Crippen LogP contribution is 2.30. The van der Waals surface area contributed by atoms with Crippen LogP contribution in [0.1, 0.15) is 0 Å². The monoisotopic (exact) mass is 428 g/mol. The Bertz CT molecular complexity index is 1060. The molecule has 0 spiro atoms. The van der Waals surface area contributed by atoms with Gasteiger partial charge in [-0.3, -0.25) is 10.1 Å². The molecule has 6 nitrogen and oxygen atoms in total. The minimum Gasteiger partial charge on any atom is -0.482 e. The van der Waals surface area contributed by atoms with Crippen LogP contribution >= 0.6 is 11.6 Å². The molecule has 0 unspecified atom stereocenters. The molecule has 8 heteroatoms. The molecule has 2 N–H and O–H groups in total. The molecule has 0 heterocycles. The lowest BCUT2D eigenvalue weighted by Gasteiger charge is -2.11. The summed E-state index contributed by atoms with van der Waals surface area (Å²) >= 11 is 6.27. The number of methoxy groups -OCH3 is 1. The molecule has 30 heavy (non-hydrogen) atoms. The maximum absolute atomic E-state index is 13.8. The van der Waals surface area contributed by atoms with Gasteiger partial charge in [-0.15, -0.1) is 0 Å². The van der Waals surface area contributed by atoms with Crippen LogP contribution in [-0.2, 0) is 9.53 Å². The topological polar surface area (TPSA) is 76.7 Å². The normalized spacial score (nSPS) is 10.2. The number of rotatable bonds is 6. The van der Waals surface area contributed by atoms with Crippen LogP contribution in [0.3, 0.4) is 0 Å². The quantitative estimate of drug-likeness (QED) is 0.555. The van der Waals surface area contributed by atoms with E-state index in [-0.39, 0.29) is 18.0 Å². The van der Waals surface area contributed by atoms with Crippen LogP contribution in [0.5, 0.6) is 5.75 Å². The fraction of sp³-hybridized carbons (Fsp3) is 0.0909. The zero-order valence-electron chi connectivity index (χ0n) is 15.9. The van der Waals surface area contributed by atoms with Crippen LogP contribution in [-0.4, -0.2) is 25.7 Å². The lowest BCUT2D eigenvalue weighted by Crippen LogP contribution is -2.20. The van der Waals surface area contributed by atoms with Crippen molar-refractivity contribution in [1.82, 2.24) is 0 Å². The molecule has 3 aromatic rings. The summed E-state index contributed by atoms with van der Waals surface area (Å²) in [7, 11) is 1.16. The summed E-state index contributed by atoms with van der Waals surface area (Å²) in [5.41, 5.74) is 2.09. The van der Waals surface area contributed by atoms with E-state index >= 15 is 0 Å². The van der Waals surface area contributed by atoms with Gasteiger partial charge in [0, 0.05) is 5.69 Å². The van der Waals surface area contributed by atoms with Crippen LogP contribution in [0.15, 0.2) is 66.7 Å². The highest BCUT2D eigenvalue weighted by Gasteiger charge is 2.11. The van der Waals surface area contributed by atoms with Crippen LogP contribution in [0.2, 0.25) is 5.02 Å². The van der Waals surface area contributed by atoms with Gasteiger partial charge in [-0.2, -0.15) is 0 Å². The van der Waals surface area contributed by atoms with Crippen LogP contribution in [0.4, 0.5) is 20.6 Å². The van der Waals surface area contributed by atoms with Gasteiger partial charge in [0.1, 0.15) is 11.6 Å². The highest BCUT2D eigenvalue weighted by molar-refractivity contribution is 6.32. The Hall–Kier alpha value is -3.58. The van der Waals surface area contributed by atoms with Crippen LogP contribution < -0.4 is 15.4 Å². The number of amides is 2. The summed E-state index contributed by atoms with van der Waals surface area (Å²) in [6.07, 6.45) is -0.825. The van der Waals surface area contributed by atoms with Crippen molar-refractivity contribution in [3.8, 4) is 16.9 Å². The molecule has 0 saturated carbocycles. The first kappa shape index (κ1) is 21.1. The summed E-state index contributed by atoms with van der Waals surface area (Å²) in [5.74, 6) is -0.785. The van der Waals surface area contributed by atoms with Crippen LogP contribution in [0.25, 0.3) is 11.1 Å². The van der Waals surface area contributed by atoms with Gasteiger partial charge in [-0.05, 0) is 41.5 Å². The maximum Gasteiger partial charge on any atom is 0.411 e. The summed E-state index contributed by atoms with van der Waals surface area (Å²) in [6.45, 7) is -0.304. The summed E-state index contributed by atoms with van der Waals surface area (Å²) in [6, 6.07) is 18.7. The molecule has 0 aliphatic heterocycles. The fourth-order valence-electron chi connectivity index (χ4n) is 2.63. The number of nitrogens with one attached hydrogen (secondary N) is 2. The molecular formula is C22H18ClFN2O4. The molecule has 0 aliphatic rings. The Morgan fingerprint density at radius 3 is 2.43 bits per heavy atom. The third kappa shape index (κ3) is 5.48. The Labute approximate surface area is 177 Å². The Morgan fingerprint density at radius 1 is 0.967 bits per heavy atom. The van der Waals surface area contributed by atoms with Crippen molar-refractivity contribution in [2.75, 3.05) is 24.4 Å². The van der Waals surface area contributed by atoms with Crippen molar-refractivity contribution in [2.24, 2.45) is 0 Å². The zero-order chi connectivity index (χ0) is 21.5. The van der Waals surface area contributed by atoms with Crippen molar-refractivity contribution in [2.45, 2.75) is 0 Å². The zero-order valence-corrected chi connectivity index (χ0v) is 16.7. The minimum absolute atomic E-state index is 0.125. The lowest BCUT2D eigenvalue weighted by molar-refractivity contribution is -0.118. The number of hydrogen-bond acceptors (Lipinski definition) is 4. The second kappa shape index (κ2) is 9.76. The van der Waals surface area contributed by atoms with E-state index in [1.165, 1.54) is 12.1 Å². The molecule has 154 valence electrons. The Balaban J connectivity index is 1.61. The van der Waals surface area contributed by atoms with Crippen molar-refractivity contribution in [3.63, 3.8) is 0 Å². The molecule has 0 aliphatic carbocycles. The number of ether oxygens (including phenoxy) is 2. The summed E-state index contributed by atoms with van der Waals surface area (Å²) in [4.78, 5) is 23.4. The number of carbonyl (C=O) groups excluding carboxylic acids is 2. The average molecular weight is 429 g/mol. The molecular weight excluding hydrogens is 411 g/mol. The molecule has 0 fully saturated rings. The predicted octanol–water partition coefficient (Wildman–Crippen LogP) is 5.34. The SMILES string of the molecule is COC(=O)Nc1cc(NC(=O)COc2ccc(-c3ccccc3)cc2Cl)ccc1F. The van der Waals surface area contributed by atoms with E-state index in [1.807, 2.05) is 36.4 Å². The van der Waals surface area contributed by atoms with Gasteiger partial charge in [0.2, 0.25) is 0 Å². The molecule has 0 saturated heterocycles. The van der Waals surface area contributed by atoms with Gasteiger partial charge in [0.25, 0.3) is 5.91 Å². The van der Waals surface area contributed by atoms with Crippen LogP contribution in [0, 0.1) is 5.82 Å². The highest BCUT2D eigenvalue weighted by atomic mass is 35.5. The number of anilines is 2. The smallest absolute Gasteiger partial charge is 0.411 e. The minimum atomic E-state index is -0.825. The number of hydrogen-bond donors (Lipinski definition) is 2. The first-order valence-corrected chi connectivity index (χ1v) is 9.26. The van der Waals surface area contributed by atoms with E-state index in [9.17, 15) is 14.0 Å². The number of benzene rings is 3. The van der Waals surface area contributed by atoms with E-state index in [4.69, 9.17) is 16.3 Å². The molecule has 0 atom stereocenters. The Morgan fingerprint density at radius 2 is 1.73 bits per heavy atom. The van der Waals surface area contributed by atoms with E-state index in [1.54, 1.807) is 12.1 Å². The fourth-order valence-corrected chi connectivity index (χ4v) is 2.86. The van der Waals surface area contributed by atoms with Gasteiger partial charge >= 0.3 is 6.09 Å². The Kier molecular flexibility index (Phi) is 6.87. The average Bonchev–Trinajstić information content (AvgIpc) is 2.75. The molecule has 0 bridgehead atoms. The van der Waals surface area contributed by atoms with Gasteiger partial charge in [-0.1, -0.05) is 48.0 Å². The van der Waals surface area contributed by atoms with E-state index in [2.05, 4.69) is 15.4 Å².